The highest BCUT2D eigenvalue weighted by Crippen LogP contribution is 2.40. The highest BCUT2D eigenvalue weighted by atomic mass is 16.5. The zero-order valence-electron chi connectivity index (χ0n) is 21.7. The second-order valence-electron chi connectivity index (χ2n) is 10.8. The number of rotatable bonds is 5. The molecule has 2 atom stereocenters. The average Bonchev–Trinajstić information content (AvgIpc) is 3.51. The van der Waals surface area contributed by atoms with Gasteiger partial charge in [0.2, 0.25) is 0 Å². The summed E-state index contributed by atoms with van der Waals surface area (Å²) >= 11 is 0. The van der Waals surface area contributed by atoms with Crippen molar-refractivity contribution < 1.29 is 9.53 Å². The van der Waals surface area contributed by atoms with Gasteiger partial charge in [0.25, 0.3) is 5.91 Å². The molecule has 9 nitrogen and oxygen atoms in total. The van der Waals surface area contributed by atoms with Crippen LogP contribution in [-0.4, -0.2) is 79.3 Å². The van der Waals surface area contributed by atoms with Gasteiger partial charge in [-0.3, -0.25) is 9.78 Å². The number of hydrogen-bond acceptors (Lipinski definition) is 8. The summed E-state index contributed by atoms with van der Waals surface area (Å²) in [6, 6.07) is 10.3. The van der Waals surface area contributed by atoms with E-state index in [9.17, 15) is 4.79 Å². The Bertz CT molecular complexity index is 1340. The summed E-state index contributed by atoms with van der Waals surface area (Å²) in [6.45, 7) is 6.38. The molecular weight excluding hydrogens is 478 g/mol. The van der Waals surface area contributed by atoms with Crippen LogP contribution < -0.4 is 20.4 Å². The van der Waals surface area contributed by atoms with Gasteiger partial charge in [-0.25, -0.2) is 4.98 Å². The fraction of sp³-hybridized carbons (Fsp3) is 0.414. The summed E-state index contributed by atoms with van der Waals surface area (Å²) in [5.74, 6) is 0.671. The first-order chi connectivity index (χ1) is 18.6. The van der Waals surface area contributed by atoms with Crippen molar-refractivity contribution in [1.82, 2.24) is 20.2 Å². The highest BCUT2D eigenvalue weighted by Gasteiger charge is 2.35. The molecule has 3 fully saturated rings. The maximum atomic E-state index is 13.0. The molecule has 0 spiro atoms. The van der Waals surface area contributed by atoms with E-state index in [4.69, 9.17) is 4.74 Å². The summed E-state index contributed by atoms with van der Waals surface area (Å²) in [6.07, 6.45) is 8.53. The molecular formula is C29H33N7O2. The van der Waals surface area contributed by atoms with Gasteiger partial charge < -0.3 is 30.1 Å². The molecule has 3 aromatic rings. The Morgan fingerprint density at radius 3 is 2.53 bits per heavy atom. The van der Waals surface area contributed by atoms with E-state index in [1.807, 2.05) is 30.7 Å². The van der Waals surface area contributed by atoms with Gasteiger partial charge in [0, 0.05) is 57.6 Å². The number of amides is 1. The lowest BCUT2D eigenvalue weighted by Crippen LogP contribution is -2.44. The van der Waals surface area contributed by atoms with Crippen molar-refractivity contribution in [2.24, 2.45) is 0 Å². The lowest BCUT2D eigenvalue weighted by atomic mass is 9.94. The molecule has 2 unspecified atom stereocenters. The minimum Gasteiger partial charge on any atom is -0.371 e. The minimum absolute atomic E-state index is 0.0570. The van der Waals surface area contributed by atoms with Crippen LogP contribution in [0, 0.1) is 0 Å². The normalized spacial score (nSPS) is 22.9. The fourth-order valence-corrected chi connectivity index (χ4v) is 6.23. The van der Waals surface area contributed by atoms with Gasteiger partial charge in [-0.05, 0) is 55.3 Å². The first-order valence-corrected chi connectivity index (χ1v) is 13.6. The number of likely N-dealkylation sites (N-methyl/N-ethyl adjacent to an activating group) is 1. The second kappa shape index (κ2) is 9.56. The molecule has 1 amide bonds. The molecule has 2 N–H and O–H groups in total. The Kier molecular flexibility index (Phi) is 5.89. The van der Waals surface area contributed by atoms with Gasteiger partial charge >= 0.3 is 0 Å². The topological polar surface area (TPSA) is 85.9 Å². The van der Waals surface area contributed by atoms with Crippen molar-refractivity contribution in [1.29, 1.82) is 0 Å². The van der Waals surface area contributed by atoms with Crippen molar-refractivity contribution >= 4 is 28.8 Å². The number of nitrogens with zero attached hydrogens (tertiary/aromatic N) is 5. The van der Waals surface area contributed by atoms with Crippen LogP contribution >= 0.6 is 0 Å². The smallest absolute Gasteiger partial charge is 0.254 e. The molecule has 2 bridgehead atoms. The van der Waals surface area contributed by atoms with E-state index in [-0.39, 0.29) is 18.1 Å². The van der Waals surface area contributed by atoms with Crippen molar-refractivity contribution in [2.75, 3.05) is 61.4 Å². The molecule has 196 valence electrons. The number of anilines is 4. The van der Waals surface area contributed by atoms with Crippen LogP contribution in [0.5, 0.6) is 0 Å². The number of morpholine rings is 1. The summed E-state index contributed by atoms with van der Waals surface area (Å²) < 4.78 is 6.07. The molecule has 0 saturated carbocycles. The molecule has 9 heteroatoms. The number of hydrogen-bond donors (Lipinski definition) is 2. The maximum absolute atomic E-state index is 13.0. The van der Waals surface area contributed by atoms with Gasteiger partial charge in [-0.15, -0.1) is 0 Å². The number of piperazine rings is 1. The quantitative estimate of drug-likeness (QED) is 0.540. The average molecular weight is 512 g/mol. The van der Waals surface area contributed by atoms with Crippen LogP contribution in [-0.2, 0) is 11.3 Å². The zero-order valence-corrected chi connectivity index (χ0v) is 21.7. The Morgan fingerprint density at radius 2 is 1.76 bits per heavy atom. The van der Waals surface area contributed by atoms with Gasteiger partial charge in [0.15, 0.2) is 0 Å². The van der Waals surface area contributed by atoms with E-state index in [0.29, 0.717) is 12.1 Å². The Morgan fingerprint density at radius 1 is 0.947 bits per heavy atom. The number of benzene rings is 1. The zero-order chi connectivity index (χ0) is 25.6. The number of fused-ring (bicyclic) bond motifs is 3. The number of carbonyl (C=O) groups is 1. The van der Waals surface area contributed by atoms with Gasteiger partial charge in [-0.1, -0.05) is 6.07 Å². The molecule has 1 aromatic carbocycles. The van der Waals surface area contributed by atoms with Crippen LogP contribution in [0.3, 0.4) is 0 Å². The predicted octanol–water partition coefficient (Wildman–Crippen LogP) is 3.25. The van der Waals surface area contributed by atoms with Gasteiger partial charge in [-0.2, -0.15) is 0 Å². The lowest BCUT2D eigenvalue weighted by Gasteiger charge is -2.35. The summed E-state index contributed by atoms with van der Waals surface area (Å²) in [4.78, 5) is 29.2. The molecule has 6 heterocycles. The van der Waals surface area contributed by atoms with E-state index in [1.54, 1.807) is 0 Å². The number of aromatic nitrogens is 2. The van der Waals surface area contributed by atoms with E-state index in [2.05, 4.69) is 60.5 Å². The number of carbonyl (C=O) groups excluding carboxylic acids is 1. The molecule has 0 aliphatic carbocycles. The first kappa shape index (κ1) is 23.4. The van der Waals surface area contributed by atoms with Gasteiger partial charge in [0.1, 0.15) is 5.82 Å². The maximum Gasteiger partial charge on any atom is 0.254 e. The minimum atomic E-state index is -0.0570. The molecule has 4 aliphatic rings. The van der Waals surface area contributed by atoms with E-state index in [0.717, 1.165) is 91.7 Å². The third-order valence-electron chi connectivity index (χ3n) is 8.32. The first-order valence-electron chi connectivity index (χ1n) is 13.6. The molecule has 3 saturated heterocycles. The largest absolute Gasteiger partial charge is 0.371 e. The molecule has 4 aliphatic heterocycles. The Hall–Kier alpha value is -3.69. The monoisotopic (exact) mass is 511 g/mol. The SMILES string of the molecule is CN1CCN(c2ccc(Nc3ccc(-c4ccncc4N4CC5CCC(C4)O5)c4c3C(=O)NC4)nc2)CC1. The van der Waals surface area contributed by atoms with Crippen molar-refractivity contribution in [3.05, 3.63) is 60.0 Å². The lowest BCUT2D eigenvalue weighted by molar-refractivity contribution is 0.0305. The summed E-state index contributed by atoms with van der Waals surface area (Å²) in [5.41, 5.74) is 6.89. The van der Waals surface area contributed by atoms with Crippen molar-refractivity contribution in [3.8, 4) is 11.1 Å². The number of ether oxygens (including phenoxy) is 1. The molecule has 2 aromatic heterocycles. The van der Waals surface area contributed by atoms with Crippen LogP contribution in [0.4, 0.5) is 22.9 Å². The number of pyridine rings is 2. The van der Waals surface area contributed by atoms with Crippen LogP contribution in [0.25, 0.3) is 11.1 Å². The molecule has 0 radical (unpaired) electrons. The van der Waals surface area contributed by atoms with Gasteiger partial charge in [0.05, 0.1) is 47.2 Å². The third kappa shape index (κ3) is 4.25. The van der Waals surface area contributed by atoms with Crippen molar-refractivity contribution in [3.63, 3.8) is 0 Å². The highest BCUT2D eigenvalue weighted by molar-refractivity contribution is 6.06. The number of nitrogens with one attached hydrogen (secondary N) is 2. The molecule has 7 rings (SSSR count). The van der Waals surface area contributed by atoms with Crippen LogP contribution in [0.2, 0.25) is 0 Å². The molecule has 38 heavy (non-hydrogen) atoms. The standard InChI is InChI=1S/C29H33N7O2/c1-34-10-12-35(13-11-34)19-2-7-27(31-14-19)33-25-6-5-22(24-15-32-29(37)28(24)25)23-8-9-30-16-26(23)36-17-20-3-4-21(18-36)38-20/h2,5-9,14,16,20-21H,3-4,10-13,15,17-18H2,1H3,(H,31,33)(H,32,37). The van der Waals surface area contributed by atoms with Crippen molar-refractivity contribution in [2.45, 2.75) is 31.6 Å². The van der Waals surface area contributed by atoms with Crippen LogP contribution in [0.1, 0.15) is 28.8 Å². The van der Waals surface area contributed by atoms with E-state index >= 15 is 0 Å². The van der Waals surface area contributed by atoms with E-state index in [1.165, 1.54) is 0 Å². The predicted molar refractivity (Wildman–Crippen MR) is 148 cm³/mol. The Labute approximate surface area is 222 Å². The fourth-order valence-electron chi connectivity index (χ4n) is 6.23. The van der Waals surface area contributed by atoms with E-state index < -0.39 is 0 Å². The Balaban J connectivity index is 1.17. The summed E-state index contributed by atoms with van der Waals surface area (Å²) in [7, 11) is 2.16. The second-order valence-corrected chi connectivity index (χ2v) is 10.8. The summed E-state index contributed by atoms with van der Waals surface area (Å²) in [5, 5.41) is 6.45. The van der Waals surface area contributed by atoms with Crippen LogP contribution in [0.15, 0.2) is 48.9 Å². The third-order valence-corrected chi connectivity index (χ3v) is 8.32.